The van der Waals surface area contributed by atoms with Gasteiger partial charge in [0.15, 0.2) is 5.82 Å². The number of hydrogen-bond acceptors (Lipinski definition) is 4. The van der Waals surface area contributed by atoms with Crippen molar-refractivity contribution in [1.29, 1.82) is 0 Å². The second kappa shape index (κ2) is 10.3. The summed E-state index contributed by atoms with van der Waals surface area (Å²) >= 11 is 2.26. The van der Waals surface area contributed by atoms with Gasteiger partial charge in [0.2, 0.25) is 5.91 Å². The van der Waals surface area contributed by atoms with Crippen LogP contribution in [0.1, 0.15) is 42.5 Å². The van der Waals surface area contributed by atoms with E-state index in [0.717, 1.165) is 38.1 Å². The molecule has 1 aliphatic rings. The second-order valence-corrected chi connectivity index (χ2v) is 9.36. The zero-order valence-corrected chi connectivity index (χ0v) is 19.5. The van der Waals surface area contributed by atoms with Gasteiger partial charge >= 0.3 is 0 Å². The van der Waals surface area contributed by atoms with Gasteiger partial charge in [-0.25, -0.2) is 9.97 Å². The molecule has 2 aromatic carbocycles. The maximum absolute atomic E-state index is 12.7. The van der Waals surface area contributed by atoms with E-state index in [0.29, 0.717) is 18.2 Å². The van der Waals surface area contributed by atoms with Gasteiger partial charge in [0.1, 0.15) is 0 Å². The summed E-state index contributed by atoms with van der Waals surface area (Å²) in [7, 11) is 0. The zero-order valence-electron chi connectivity index (χ0n) is 17.4. The van der Waals surface area contributed by atoms with E-state index in [-0.39, 0.29) is 12.5 Å². The summed E-state index contributed by atoms with van der Waals surface area (Å²) in [5, 5.41) is 12.3. The highest BCUT2D eigenvalue weighted by Gasteiger charge is 2.20. The topological polar surface area (TPSA) is 75.1 Å². The summed E-state index contributed by atoms with van der Waals surface area (Å²) in [4.78, 5) is 22.2. The predicted octanol–water partition coefficient (Wildman–Crippen LogP) is 5.15. The van der Waals surface area contributed by atoms with Crippen LogP contribution in [0.2, 0.25) is 0 Å². The fourth-order valence-electron chi connectivity index (χ4n) is 4.05. The standard InChI is InChI=1S/C25H26IN3O2/c26-21-11-7-18(8-12-21)14-24(31)29-25-22(13-17-3-1-2-4-17)28-23(15-27-25)20-9-5-19(16-30)6-10-20/h5-12,15,17,30H,1-4,13-14,16H2,(H,27,29,31). The van der Waals surface area contributed by atoms with Gasteiger partial charge in [-0.2, -0.15) is 0 Å². The molecule has 6 heteroatoms. The molecule has 0 aliphatic heterocycles. The molecule has 0 unspecified atom stereocenters. The van der Waals surface area contributed by atoms with Crippen molar-refractivity contribution in [2.24, 2.45) is 5.92 Å². The van der Waals surface area contributed by atoms with Gasteiger partial charge in [0, 0.05) is 9.13 Å². The van der Waals surface area contributed by atoms with E-state index in [1.807, 2.05) is 48.5 Å². The van der Waals surface area contributed by atoms with E-state index in [9.17, 15) is 9.90 Å². The number of amides is 1. The average molecular weight is 527 g/mol. The number of halogens is 1. The van der Waals surface area contributed by atoms with Gasteiger partial charge < -0.3 is 10.4 Å². The number of aliphatic hydroxyl groups excluding tert-OH is 1. The Kier molecular flexibility index (Phi) is 7.29. The molecule has 1 saturated carbocycles. The van der Waals surface area contributed by atoms with Gasteiger partial charge in [0.05, 0.1) is 30.6 Å². The summed E-state index contributed by atoms with van der Waals surface area (Å²) in [6, 6.07) is 15.6. The van der Waals surface area contributed by atoms with Crippen molar-refractivity contribution in [1.82, 2.24) is 9.97 Å². The fraction of sp³-hybridized carbons (Fsp3) is 0.320. The molecule has 31 heavy (non-hydrogen) atoms. The Morgan fingerprint density at radius 1 is 1.03 bits per heavy atom. The van der Waals surface area contributed by atoms with Crippen molar-refractivity contribution in [2.75, 3.05) is 5.32 Å². The maximum Gasteiger partial charge on any atom is 0.229 e. The quantitative estimate of drug-likeness (QED) is 0.417. The summed E-state index contributed by atoms with van der Waals surface area (Å²) in [6.07, 6.45) is 7.78. The van der Waals surface area contributed by atoms with Crippen LogP contribution in [0.15, 0.2) is 54.7 Å². The molecule has 0 radical (unpaired) electrons. The van der Waals surface area contributed by atoms with Crippen LogP contribution < -0.4 is 5.32 Å². The fourth-order valence-corrected chi connectivity index (χ4v) is 4.41. The third-order valence-corrected chi connectivity index (χ3v) is 6.49. The number of carbonyl (C=O) groups excluding carboxylic acids is 1. The minimum absolute atomic E-state index is 0.0183. The first kappa shape index (κ1) is 21.9. The molecule has 1 heterocycles. The largest absolute Gasteiger partial charge is 0.392 e. The first-order valence-electron chi connectivity index (χ1n) is 10.7. The number of hydrogen-bond donors (Lipinski definition) is 2. The monoisotopic (exact) mass is 527 g/mol. The van der Waals surface area contributed by atoms with E-state index < -0.39 is 0 Å². The lowest BCUT2D eigenvalue weighted by Crippen LogP contribution is -2.18. The highest BCUT2D eigenvalue weighted by atomic mass is 127. The number of nitrogens with one attached hydrogen (secondary N) is 1. The van der Waals surface area contributed by atoms with Gasteiger partial charge in [-0.15, -0.1) is 0 Å². The van der Waals surface area contributed by atoms with E-state index in [1.165, 1.54) is 25.7 Å². The number of nitrogens with zero attached hydrogens (tertiary/aromatic N) is 2. The lowest BCUT2D eigenvalue weighted by Gasteiger charge is -2.14. The molecule has 0 atom stereocenters. The van der Waals surface area contributed by atoms with Crippen LogP contribution in [0.3, 0.4) is 0 Å². The first-order chi connectivity index (χ1) is 15.1. The Morgan fingerprint density at radius 2 is 1.71 bits per heavy atom. The Morgan fingerprint density at radius 3 is 2.39 bits per heavy atom. The van der Waals surface area contributed by atoms with Crippen LogP contribution in [0.4, 0.5) is 5.82 Å². The Labute approximate surface area is 196 Å². The summed E-state index contributed by atoms with van der Waals surface area (Å²) in [5.41, 5.74) is 4.43. The van der Waals surface area contributed by atoms with E-state index in [4.69, 9.17) is 4.98 Å². The third kappa shape index (κ3) is 5.89. The number of aromatic nitrogens is 2. The Balaban J connectivity index is 1.55. The summed E-state index contributed by atoms with van der Waals surface area (Å²) in [5.74, 6) is 1.08. The second-order valence-electron chi connectivity index (χ2n) is 8.11. The zero-order chi connectivity index (χ0) is 21.6. The molecule has 1 aromatic heterocycles. The predicted molar refractivity (Wildman–Crippen MR) is 131 cm³/mol. The van der Waals surface area contributed by atoms with Crippen molar-refractivity contribution in [3.63, 3.8) is 0 Å². The SMILES string of the molecule is O=C(Cc1ccc(I)cc1)Nc1ncc(-c2ccc(CO)cc2)nc1CC1CCCC1. The molecule has 5 nitrogen and oxygen atoms in total. The van der Waals surface area contributed by atoms with Crippen molar-refractivity contribution in [3.8, 4) is 11.3 Å². The molecule has 1 fully saturated rings. The molecule has 3 aromatic rings. The van der Waals surface area contributed by atoms with Crippen molar-refractivity contribution in [2.45, 2.75) is 45.1 Å². The Bertz CT molecular complexity index is 1030. The van der Waals surface area contributed by atoms with Crippen molar-refractivity contribution >= 4 is 34.3 Å². The number of carbonyl (C=O) groups is 1. The molecule has 4 rings (SSSR count). The molecular formula is C25H26IN3O2. The third-order valence-electron chi connectivity index (χ3n) is 5.77. The highest BCUT2D eigenvalue weighted by molar-refractivity contribution is 14.1. The minimum Gasteiger partial charge on any atom is -0.392 e. The smallest absolute Gasteiger partial charge is 0.229 e. The first-order valence-corrected chi connectivity index (χ1v) is 11.8. The number of anilines is 1. The maximum atomic E-state index is 12.7. The van der Waals surface area contributed by atoms with E-state index >= 15 is 0 Å². The molecule has 1 amide bonds. The molecule has 2 N–H and O–H groups in total. The molecular weight excluding hydrogens is 501 g/mol. The van der Waals surface area contributed by atoms with Crippen molar-refractivity contribution in [3.05, 3.63) is 75.1 Å². The van der Waals surface area contributed by atoms with E-state index in [1.54, 1.807) is 6.20 Å². The number of benzene rings is 2. The van der Waals surface area contributed by atoms with Gasteiger partial charge in [-0.3, -0.25) is 4.79 Å². The molecule has 1 aliphatic carbocycles. The number of aliphatic hydroxyl groups is 1. The molecule has 160 valence electrons. The van der Waals surface area contributed by atoms with Crippen molar-refractivity contribution < 1.29 is 9.90 Å². The summed E-state index contributed by atoms with van der Waals surface area (Å²) in [6.45, 7) is 0.0183. The highest BCUT2D eigenvalue weighted by Crippen LogP contribution is 2.30. The van der Waals surface area contributed by atoms with Crippen LogP contribution in [-0.4, -0.2) is 21.0 Å². The van der Waals surface area contributed by atoms with E-state index in [2.05, 4.69) is 32.9 Å². The average Bonchev–Trinajstić information content (AvgIpc) is 3.30. The van der Waals surface area contributed by atoms with Gasteiger partial charge in [0.25, 0.3) is 0 Å². The van der Waals surface area contributed by atoms with Crippen LogP contribution in [-0.2, 0) is 24.2 Å². The van der Waals surface area contributed by atoms with Crippen LogP contribution in [0.25, 0.3) is 11.3 Å². The Hall–Kier alpha value is -2.32. The van der Waals surface area contributed by atoms with Crippen LogP contribution in [0.5, 0.6) is 0 Å². The lowest BCUT2D eigenvalue weighted by molar-refractivity contribution is -0.115. The molecule has 0 saturated heterocycles. The van der Waals surface area contributed by atoms with Crippen LogP contribution in [0, 0.1) is 9.49 Å². The summed E-state index contributed by atoms with van der Waals surface area (Å²) < 4.78 is 1.15. The molecule has 0 spiro atoms. The lowest BCUT2D eigenvalue weighted by atomic mass is 10.0. The normalized spacial score (nSPS) is 14.0. The van der Waals surface area contributed by atoms with Crippen LogP contribution >= 0.6 is 22.6 Å². The molecule has 0 bridgehead atoms. The van der Waals surface area contributed by atoms with Gasteiger partial charge in [-0.1, -0.05) is 62.1 Å². The van der Waals surface area contributed by atoms with Gasteiger partial charge in [-0.05, 0) is 58.2 Å². The minimum atomic E-state index is -0.0803. The number of rotatable bonds is 7.